The van der Waals surface area contributed by atoms with E-state index < -0.39 is 23.6 Å². The number of benzene rings is 1. The van der Waals surface area contributed by atoms with E-state index in [1.807, 2.05) is 30.3 Å². The first-order valence-corrected chi connectivity index (χ1v) is 6.42. The van der Waals surface area contributed by atoms with Gasteiger partial charge in [0.2, 0.25) is 0 Å². The highest BCUT2D eigenvalue weighted by atomic mass is 16.5. The number of esters is 1. The second-order valence-electron chi connectivity index (χ2n) is 4.13. The number of aliphatic hydroxyl groups excluding tert-OH is 1. The van der Waals surface area contributed by atoms with Gasteiger partial charge in [0, 0.05) is 6.42 Å². The van der Waals surface area contributed by atoms with E-state index in [0.717, 1.165) is 5.56 Å². The normalized spacial score (nSPS) is 11.7. The van der Waals surface area contributed by atoms with Crippen molar-refractivity contribution in [3.8, 4) is 0 Å². The van der Waals surface area contributed by atoms with E-state index in [0.29, 0.717) is 0 Å². The molecule has 0 saturated heterocycles. The van der Waals surface area contributed by atoms with Crippen molar-refractivity contribution in [2.45, 2.75) is 19.4 Å². The molecule has 0 aliphatic carbocycles. The SMILES string of the molecule is CCOC(=O)C(=[N+]=[N-])C(=O)CC(O)/C=C/c1ccccc1. The Morgan fingerprint density at radius 2 is 2.05 bits per heavy atom. The molecule has 0 radical (unpaired) electrons. The summed E-state index contributed by atoms with van der Waals surface area (Å²) in [5.74, 6) is -1.80. The maximum atomic E-state index is 11.7. The van der Waals surface area contributed by atoms with Crippen molar-refractivity contribution < 1.29 is 24.2 Å². The van der Waals surface area contributed by atoms with Crippen molar-refractivity contribution in [3.63, 3.8) is 0 Å². The molecule has 6 heteroatoms. The molecule has 0 fully saturated rings. The van der Waals surface area contributed by atoms with Crippen LogP contribution in [-0.2, 0) is 14.3 Å². The molecule has 110 valence electrons. The average Bonchev–Trinajstić information content (AvgIpc) is 2.47. The van der Waals surface area contributed by atoms with Crippen molar-refractivity contribution >= 4 is 23.5 Å². The van der Waals surface area contributed by atoms with Crippen LogP contribution in [0.5, 0.6) is 0 Å². The molecule has 21 heavy (non-hydrogen) atoms. The number of aliphatic hydroxyl groups is 1. The molecular formula is C15H16N2O4. The van der Waals surface area contributed by atoms with Crippen LogP contribution in [0.15, 0.2) is 36.4 Å². The highest BCUT2D eigenvalue weighted by Gasteiger charge is 2.31. The molecule has 1 atom stereocenters. The first kappa shape index (κ1) is 16.5. The predicted octanol–water partition coefficient (Wildman–Crippen LogP) is 1.25. The van der Waals surface area contributed by atoms with Gasteiger partial charge in [0.25, 0.3) is 5.78 Å². The number of Topliss-reactive ketones (excluding diaryl/α,β-unsaturated/α-hetero) is 1. The lowest BCUT2D eigenvalue weighted by atomic mass is 10.1. The quantitative estimate of drug-likeness (QED) is 0.268. The Morgan fingerprint density at radius 1 is 1.38 bits per heavy atom. The van der Waals surface area contributed by atoms with E-state index in [2.05, 4.69) is 9.53 Å². The zero-order valence-electron chi connectivity index (χ0n) is 11.6. The summed E-state index contributed by atoms with van der Waals surface area (Å²) >= 11 is 0. The van der Waals surface area contributed by atoms with Crippen LogP contribution in [0.25, 0.3) is 11.6 Å². The molecule has 0 aliphatic heterocycles. The third kappa shape index (κ3) is 5.52. The molecule has 0 aliphatic rings. The first-order valence-electron chi connectivity index (χ1n) is 6.42. The Kier molecular flexibility index (Phi) is 6.74. The zero-order chi connectivity index (χ0) is 15.7. The van der Waals surface area contributed by atoms with E-state index in [1.165, 1.54) is 6.08 Å². The largest absolute Gasteiger partial charge is 0.457 e. The summed E-state index contributed by atoms with van der Waals surface area (Å²) in [5.41, 5.74) is 8.83. The second kappa shape index (κ2) is 8.58. The third-order valence-corrected chi connectivity index (χ3v) is 2.54. The number of hydrogen-bond donors (Lipinski definition) is 1. The number of rotatable bonds is 7. The minimum absolute atomic E-state index is 0.0571. The Balaban J connectivity index is 2.63. The number of ether oxygens (including phenoxy) is 1. The summed E-state index contributed by atoms with van der Waals surface area (Å²) < 4.78 is 4.58. The molecule has 0 amide bonds. The Hall–Kier alpha value is -2.56. The van der Waals surface area contributed by atoms with Crippen LogP contribution in [0.3, 0.4) is 0 Å². The minimum atomic E-state index is -1.09. The topological polar surface area (TPSA) is 100 Å². The molecular weight excluding hydrogens is 272 g/mol. The van der Waals surface area contributed by atoms with Gasteiger partial charge in [0.15, 0.2) is 0 Å². The van der Waals surface area contributed by atoms with Crippen LogP contribution in [0.2, 0.25) is 0 Å². The van der Waals surface area contributed by atoms with E-state index in [9.17, 15) is 14.7 Å². The molecule has 1 aromatic carbocycles. The number of hydrogen-bond acceptors (Lipinski definition) is 4. The molecule has 1 unspecified atom stereocenters. The fourth-order valence-corrected chi connectivity index (χ4v) is 1.55. The van der Waals surface area contributed by atoms with Crippen molar-refractivity contribution in [1.29, 1.82) is 0 Å². The molecule has 6 nitrogen and oxygen atoms in total. The van der Waals surface area contributed by atoms with Crippen molar-refractivity contribution in [3.05, 3.63) is 47.5 Å². The first-order chi connectivity index (χ1) is 10.1. The van der Waals surface area contributed by atoms with E-state index in [1.54, 1.807) is 13.0 Å². The van der Waals surface area contributed by atoms with Gasteiger partial charge in [-0.05, 0) is 12.5 Å². The van der Waals surface area contributed by atoms with Gasteiger partial charge in [-0.2, -0.15) is 4.79 Å². The van der Waals surface area contributed by atoms with Crippen LogP contribution < -0.4 is 0 Å². The summed E-state index contributed by atoms with van der Waals surface area (Å²) in [5, 5.41) is 9.74. The molecule has 0 spiro atoms. The molecule has 0 bridgehead atoms. The van der Waals surface area contributed by atoms with Gasteiger partial charge in [-0.15, -0.1) is 0 Å². The van der Waals surface area contributed by atoms with Crippen LogP contribution in [-0.4, -0.2) is 40.1 Å². The number of carbonyl (C=O) groups excluding carboxylic acids is 2. The van der Waals surface area contributed by atoms with Gasteiger partial charge in [-0.25, -0.2) is 4.79 Å². The zero-order valence-corrected chi connectivity index (χ0v) is 11.6. The van der Waals surface area contributed by atoms with E-state index in [4.69, 9.17) is 5.53 Å². The summed E-state index contributed by atoms with van der Waals surface area (Å²) in [7, 11) is 0. The molecule has 1 rings (SSSR count). The van der Waals surface area contributed by atoms with E-state index >= 15 is 0 Å². The summed E-state index contributed by atoms with van der Waals surface area (Å²) in [6, 6.07) is 9.22. The highest BCUT2D eigenvalue weighted by Crippen LogP contribution is 2.04. The molecule has 0 saturated carbocycles. The van der Waals surface area contributed by atoms with Crippen LogP contribution in [0, 0.1) is 0 Å². The fourth-order valence-electron chi connectivity index (χ4n) is 1.55. The van der Waals surface area contributed by atoms with Gasteiger partial charge < -0.3 is 15.4 Å². The van der Waals surface area contributed by atoms with Gasteiger partial charge in [0.05, 0.1) is 12.7 Å². The Labute approximate surface area is 122 Å². The monoisotopic (exact) mass is 288 g/mol. The Bertz CT molecular complexity index is 575. The predicted molar refractivity (Wildman–Crippen MR) is 76.4 cm³/mol. The smallest absolute Gasteiger partial charge is 0.441 e. The maximum Gasteiger partial charge on any atom is 0.441 e. The second-order valence-corrected chi connectivity index (χ2v) is 4.13. The molecule has 0 aromatic heterocycles. The average molecular weight is 288 g/mol. The van der Waals surface area contributed by atoms with Crippen molar-refractivity contribution in [1.82, 2.24) is 0 Å². The minimum Gasteiger partial charge on any atom is -0.457 e. The lowest BCUT2D eigenvalue weighted by Crippen LogP contribution is -2.29. The van der Waals surface area contributed by atoms with Crippen LogP contribution >= 0.6 is 0 Å². The Morgan fingerprint density at radius 3 is 2.62 bits per heavy atom. The summed E-state index contributed by atoms with van der Waals surface area (Å²) in [4.78, 5) is 25.7. The lowest BCUT2D eigenvalue weighted by Gasteiger charge is -2.02. The van der Waals surface area contributed by atoms with Gasteiger partial charge in [0.1, 0.15) is 0 Å². The molecule has 1 N–H and O–H groups in total. The maximum absolute atomic E-state index is 11.7. The van der Waals surface area contributed by atoms with Crippen LogP contribution in [0.1, 0.15) is 18.9 Å². The highest BCUT2D eigenvalue weighted by molar-refractivity contribution is 6.62. The fraction of sp³-hybridized carbons (Fsp3) is 0.267. The van der Waals surface area contributed by atoms with Crippen LogP contribution in [0.4, 0.5) is 0 Å². The van der Waals surface area contributed by atoms with Gasteiger partial charge in [-0.1, -0.05) is 42.5 Å². The van der Waals surface area contributed by atoms with Crippen molar-refractivity contribution in [2.24, 2.45) is 0 Å². The lowest BCUT2D eigenvalue weighted by molar-refractivity contribution is -0.141. The standard InChI is InChI=1S/C15H16N2O4/c1-2-21-15(20)14(17-16)13(19)10-12(18)9-8-11-6-4-3-5-7-11/h3-9,12,18H,2,10H2,1H3/b9-8+. The molecule has 0 heterocycles. The third-order valence-electron chi connectivity index (χ3n) is 2.54. The number of nitrogens with zero attached hydrogens (tertiary/aromatic N) is 2. The summed E-state index contributed by atoms with van der Waals surface area (Å²) in [6.45, 7) is 1.62. The molecule has 1 aromatic rings. The number of carbonyl (C=O) groups is 2. The summed E-state index contributed by atoms with van der Waals surface area (Å²) in [6.07, 6.45) is 1.61. The van der Waals surface area contributed by atoms with E-state index in [-0.39, 0.29) is 13.0 Å². The van der Waals surface area contributed by atoms with Crippen molar-refractivity contribution in [2.75, 3.05) is 6.61 Å². The van der Waals surface area contributed by atoms with Gasteiger partial charge in [-0.3, -0.25) is 4.79 Å². The number of ketones is 1. The van der Waals surface area contributed by atoms with Gasteiger partial charge >= 0.3 is 11.7 Å².